The first-order chi connectivity index (χ1) is 23.4. The van der Waals surface area contributed by atoms with Gasteiger partial charge in [0.1, 0.15) is 0 Å². The summed E-state index contributed by atoms with van der Waals surface area (Å²) < 4.78 is 22.8. The monoisotopic (exact) mass is 680 g/mol. The molecule has 0 bridgehead atoms. The van der Waals surface area contributed by atoms with Crippen molar-refractivity contribution < 1.29 is 58.6 Å². The van der Waals surface area contributed by atoms with Gasteiger partial charge in [-0.05, 0) is 25.0 Å². The first-order valence-corrected chi connectivity index (χ1v) is 15.4. The summed E-state index contributed by atoms with van der Waals surface area (Å²) in [7, 11) is 2.74. The zero-order valence-corrected chi connectivity index (χ0v) is 26.8. The second-order valence-corrected chi connectivity index (χ2v) is 12.1. The molecule has 260 valence electrons. The number of anilines is 2. The maximum atomic E-state index is 13.5. The van der Waals surface area contributed by atoms with Gasteiger partial charge in [0.2, 0.25) is 0 Å². The molecular formula is C33H36N4O12. The Labute approximate surface area is 280 Å². The summed E-state index contributed by atoms with van der Waals surface area (Å²) in [5.41, 5.74) is 1.31. The van der Waals surface area contributed by atoms with Crippen molar-refractivity contribution in [1.29, 1.82) is 0 Å². The third-order valence-electron chi connectivity index (χ3n) is 9.08. The molecule has 4 amide bonds. The van der Waals surface area contributed by atoms with E-state index in [0.717, 1.165) is 9.80 Å². The van der Waals surface area contributed by atoms with Crippen molar-refractivity contribution in [3.8, 4) is 23.0 Å². The third-order valence-corrected chi connectivity index (χ3v) is 9.08. The Hall–Kier alpha value is -5.48. The van der Waals surface area contributed by atoms with Gasteiger partial charge in [0.15, 0.2) is 35.5 Å². The minimum atomic E-state index is -1.54. The van der Waals surface area contributed by atoms with Crippen LogP contribution in [0.15, 0.2) is 48.6 Å². The smallest absolute Gasteiger partial charge is 0.414 e. The lowest BCUT2D eigenvalue weighted by atomic mass is 10.1. The number of carbonyl (C=O) groups is 4. The Morgan fingerprint density at radius 2 is 1.10 bits per heavy atom. The predicted octanol–water partition coefficient (Wildman–Crippen LogP) is 2.73. The molecule has 0 radical (unpaired) electrons. The summed E-state index contributed by atoms with van der Waals surface area (Å²) in [6.07, 6.45) is -5.25. The largest absolute Gasteiger partial charge is 0.493 e. The number of carboxylic acid groups (broad SMARTS) is 2. The number of ether oxygens (including phenoxy) is 4. The van der Waals surface area contributed by atoms with Gasteiger partial charge < -0.3 is 49.2 Å². The molecule has 0 saturated carbocycles. The quantitative estimate of drug-likeness (QED) is 0.235. The SMILES string of the molecule is C=C1C[C@H]2C(O)N(C(=O)O)c3cc(OCCCOc4cc5c(cc4OC)C(=O)N4CC(=C)C[C@H]4C(O)N5C(=O)O)c(OC)cc3C(=O)N2C1. The van der Waals surface area contributed by atoms with Crippen LogP contribution in [0.1, 0.15) is 40.0 Å². The van der Waals surface area contributed by atoms with Gasteiger partial charge in [-0.2, -0.15) is 0 Å². The summed E-state index contributed by atoms with van der Waals surface area (Å²) in [5.74, 6) is -0.383. The number of hydrogen-bond donors (Lipinski definition) is 4. The molecule has 2 aromatic rings. The highest BCUT2D eigenvalue weighted by atomic mass is 16.5. The Morgan fingerprint density at radius 3 is 1.45 bits per heavy atom. The lowest BCUT2D eigenvalue weighted by Crippen LogP contribution is -2.50. The fraction of sp³-hybridized carbons (Fsp3) is 0.394. The van der Waals surface area contributed by atoms with Crippen LogP contribution in [0.25, 0.3) is 0 Å². The van der Waals surface area contributed by atoms with Gasteiger partial charge in [0.25, 0.3) is 11.8 Å². The number of hydrogen-bond acceptors (Lipinski definition) is 10. The highest BCUT2D eigenvalue weighted by Crippen LogP contribution is 2.43. The van der Waals surface area contributed by atoms with Crippen molar-refractivity contribution in [3.05, 3.63) is 59.7 Å². The Morgan fingerprint density at radius 1 is 0.714 bits per heavy atom. The normalized spacial score (nSPS) is 22.9. The number of rotatable bonds is 8. The van der Waals surface area contributed by atoms with E-state index in [1.54, 1.807) is 0 Å². The van der Waals surface area contributed by atoms with Gasteiger partial charge in [-0.15, -0.1) is 0 Å². The average molecular weight is 681 g/mol. The number of benzene rings is 2. The Kier molecular flexibility index (Phi) is 8.77. The van der Waals surface area contributed by atoms with Crippen molar-refractivity contribution in [3.63, 3.8) is 0 Å². The van der Waals surface area contributed by atoms with Gasteiger partial charge in [0, 0.05) is 31.6 Å². The molecule has 4 aliphatic rings. The number of aliphatic hydroxyl groups is 2. The van der Waals surface area contributed by atoms with Gasteiger partial charge in [-0.1, -0.05) is 24.3 Å². The molecule has 0 aliphatic carbocycles. The number of carbonyl (C=O) groups excluding carboxylic acids is 2. The number of methoxy groups -OCH3 is 2. The fourth-order valence-corrected chi connectivity index (χ4v) is 6.81. The molecule has 2 fully saturated rings. The van der Waals surface area contributed by atoms with E-state index in [1.807, 2.05) is 0 Å². The number of fused-ring (bicyclic) bond motifs is 4. The number of amides is 4. The molecule has 0 spiro atoms. The summed E-state index contributed by atoms with van der Waals surface area (Å²) in [5, 5.41) is 42.1. The highest BCUT2D eigenvalue weighted by Gasteiger charge is 2.47. The molecule has 2 saturated heterocycles. The van der Waals surface area contributed by atoms with Crippen LogP contribution in [0.5, 0.6) is 23.0 Å². The minimum Gasteiger partial charge on any atom is -0.493 e. The molecule has 4 heterocycles. The van der Waals surface area contributed by atoms with Crippen molar-refractivity contribution >= 4 is 35.4 Å². The maximum absolute atomic E-state index is 13.5. The van der Waals surface area contributed by atoms with Gasteiger partial charge in [-0.3, -0.25) is 9.59 Å². The lowest BCUT2D eigenvalue weighted by Gasteiger charge is -2.30. The van der Waals surface area contributed by atoms with E-state index in [4.69, 9.17) is 18.9 Å². The van der Waals surface area contributed by atoms with Crippen molar-refractivity contribution in [1.82, 2.24) is 9.80 Å². The van der Waals surface area contributed by atoms with E-state index in [1.165, 1.54) is 48.3 Å². The second kappa shape index (κ2) is 12.9. The number of aliphatic hydroxyl groups excluding tert-OH is 2. The van der Waals surface area contributed by atoms with Crippen molar-refractivity contribution in [2.75, 3.05) is 50.3 Å². The summed E-state index contributed by atoms with van der Waals surface area (Å²) in [6.45, 7) is 8.21. The molecule has 4 aliphatic heterocycles. The van der Waals surface area contributed by atoms with Crippen molar-refractivity contribution in [2.45, 2.75) is 43.8 Å². The fourth-order valence-electron chi connectivity index (χ4n) is 6.81. The second-order valence-electron chi connectivity index (χ2n) is 12.1. The van der Waals surface area contributed by atoms with Crippen LogP contribution in [0.2, 0.25) is 0 Å². The van der Waals surface area contributed by atoms with Crippen LogP contribution < -0.4 is 28.7 Å². The topological polar surface area (TPSA) is 199 Å². The molecule has 2 aromatic carbocycles. The maximum Gasteiger partial charge on any atom is 0.414 e. The predicted molar refractivity (Wildman–Crippen MR) is 172 cm³/mol. The van der Waals surface area contributed by atoms with E-state index < -0.39 is 48.5 Å². The standard InChI is InChI=1S/C33H36N4O12/c1-16-8-22-30(40)36(32(42)43)20-12-26(24(46-3)10-18(20)28(38)34(22)14-16)48-6-5-7-49-27-13-21-19(11-25(27)47-4)29(39)35-15-17(2)9-23(35)31(41)37(21)33(44)45/h10-13,22-23,30-31,40-41H,1-2,5-9,14-15H2,3-4H3,(H,42,43)(H,44,45)/t22-,23-,30?,31?/m0/s1. The zero-order chi connectivity index (χ0) is 35.3. The summed E-state index contributed by atoms with van der Waals surface area (Å²) >= 11 is 0. The summed E-state index contributed by atoms with van der Waals surface area (Å²) in [4.78, 5) is 55.8. The van der Waals surface area contributed by atoms with Crippen LogP contribution in [0.3, 0.4) is 0 Å². The average Bonchev–Trinajstić information content (AvgIpc) is 3.62. The van der Waals surface area contributed by atoms with Crippen LogP contribution >= 0.6 is 0 Å². The molecule has 0 aromatic heterocycles. The lowest BCUT2D eigenvalue weighted by molar-refractivity contribution is 0.0510. The van der Waals surface area contributed by atoms with Crippen LogP contribution in [0.4, 0.5) is 21.0 Å². The number of nitrogens with zero attached hydrogens (tertiary/aromatic N) is 4. The molecule has 4 N–H and O–H groups in total. The third kappa shape index (κ3) is 5.72. The van der Waals surface area contributed by atoms with E-state index >= 15 is 0 Å². The summed E-state index contributed by atoms with van der Waals surface area (Å²) in [6, 6.07) is 3.81. The molecule has 49 heavy (non-hydrogen) atoms. The molecule has 6 rings (SSSR count). The van der Waals surface area contributed by atoms with Gasteiger partial charge >= 0.3 is 12.2 Å². The molecule has 2 unspecified atom stereocenters. The van der Waals surface area contributed by atoms with E-state index in [-0.39, 0.29) is 91.1 Å². The first-order valence-electron chi connectivity index (χ1n) is 15.4. The molecule has 4 atom stereocenters. The molecular weight excluding hydrogens is 644 g/mol. The van der Waals surface area contributed by atoms with Gasteiger partial charge in [0.05, 0.1) is 62.0 Å². The highest BCUT2D eigenvalue weighted by molar-refractivity contribution is 6.07. The minimum absolute atomic E-state index is 0.0193. The van der Waals surface area contributed by atoms with Crippen LogP contribution in [-0.4, -0.2) is 119 Å². The van der Waals surface area contributed by atoms with E-state index in [2.05, 4.69) is 13.2 Å². The molecule has 16 heteroatoms. The zero-order valence-electron chi connectivity index (χ0n) is 26.8. The van der Waals surface area contributed by atoms with Crippen LogP contribution in [0, 0.1) is 0 Å². The molecule has 16 nitrogen and oxygen atoms in total. The first kappa shape index (κ1) is 33.4. The Bertz CT molecular complexity index is 1640. The van der Waals surface area contributed by atoms with Crippen LogP contribution in [-0.2, 0) is 0 Å². The van der Waals surface area contributed by atoms with E-state index in [9.17, 15) is 39.6 Å². The van der Waals surface area contributed by atoms with Gasteiger partial charge in [-0.25, -0.2) is 19.4 Å². The van der Waals surface area contributed by atoms with Crippen molar-refractivity contribution in [2.24, 2.45) is 0 Å². The van der Waals surface area contributed by atoms with E-state index in [0.29, 0.717) is 11.1 Å². The Balaban J connectivity index is 1.20.